The fraction of sp³-hybridized carbons (Fsp3) is 0.190. The van der Waals surface area contributed by atoms with E-state index in [9.17, 15) is 9.59 Å². The van der Waals surface area contributed by atoms with E-state index in [0.717, 1.165) is 5.39 Å². The van der Waals surface area contributed by atoms with Crippen LogP contribution in [0.15, 0.2) is 53.5 Å². The second-order valence-electron chi connectivity index (χ2n) is 6.86. The molecule has 0 spiro atoms. The number of ether oxygens (including phenoxy) is 1. The van der Waals surface area contributed by atoms with Gasteiger partial charge in [-0.2, -0.15) is 0 Å². The highest BCUT2D eigenvalue weighted by molar-refractivity contribution is 6.06. The normalized spacial score (nSPS) is 11.3. The molecule has 2 N–H and O–H groups in total. The van der Waals surface area contributed by atoms with Crippen molar-refractivity contribution in [1.82, 2.24) is 20.1 Å². The zero-order chi connectivity index (χ0) is 19.8. The van der Waals surface area contributed by atoms with Gasteiger partial charge < -0.3 is 10.1 Å². The van der Waals surface area contributed by atoms with Gasteiger partial charge in [-0.3, -0.25) is 19.7 Å². The summed E-state index contributed by atoms with van der Waals surface area (Å²) in [7, 11) is 1.59. The fourth-order valence-corrected chi connectivity index (χ4v) is 3.16. The number of aromatic nitrogens is 3. The van der Waals surface area contributed by atoms with E-state index >= 15 is 0 Å². The average Bonchev–Trinajstić information content (AvgIpc) is 3.04. The molecular weight excluding hydrogens is 356 g/mol. The lowest BCUT2D eigenvalue weighted by molar-refractivity contribution is 0.0943. The Hall–Kier alpha value is -3.61. The third-order valence-electron chi connectivity index (χ3n) is 4.54. The molecule has 142 valence electrons. The van der Waals surface area contributed by atoms with Crippen LogP contribution in [0.25, 0.3) is 27.5 Å². The van der Waals surface area contributed by atoms with Crippen molar-refractivity contribution in [3.05, 3.63) is 64.6 Å². The molecule has 0 aliphatic carbocycles. The molecule has 0 atom stereocenters. The Morgan fingerprint density at radius 3 is 2.57 bits per heavy atom. The fourth-order valence-electron chi connectivity index (χ4n) is 3.16. The zero-order valence-corrected chi connectivity index (χ0v) is 15.8. The number of hydrogen-bond donors (Lipinski definition) is 2. The maximum atomic E-state index is 12.9. The highest BCUT2D eigenvalue weighted by atomic mass is 16.5. The van der Waals surface area contributed by atoms with Gasteiger partial charge in [0.25, 0.3) is 11.5 Å². The van der Waals surface area contributed by atoms with Crippen molar-refractivity contribution >= 4 is 27.7 Å². The Balaban J connectivity index is 1.89. The number of aromatic amines is 1. The minimum atomic E-state index is -0.202. The van der Waals surface area contributed by atoms with Crippen LogP contribution in [0, 0.1) is 0 Å². The van der Waals surface area contributed by atoms with Gasteiger partial charge in [-0.1, -0.05) is 0 Å². The van der Waals surface area contributed by atoms with Crippen molar-refractivity contribution in [3.8, 4) is 11.4 Å². The van der Waals surface area contributed by atoms with Crippen LogP contribution < -0.4 is 15.6 Å². The average molecular weight is 376 g/mol. The number of fused-ring (bicyclic) bond motifs is 3. The van der Waals surface area contributed by atoms with Crippen LogP contribution in [0.4, 0.5) is 0 Å². The molecule has 7 heteroatoms. The van der Waals surface area contributed by atoms with Crippen molar-refractivity contribution in [3.63, 3.8) is 0 Å². The van der Waals surface area contributed by atoms with Crippen LogP contribution in [0.1, 0.15) is 24.2 Å². The molecule has 0 radical (unpaired) electrons. The summed E-state index contributed by atoms with van der Waals surface area (Å²) < 4.78 is 6.63. The number of nitrogens with one attached hydrogen (secondary N) is 2. The summed E-state index contributed by atoms with van der Waals surface area (Å²) in [5.41, 5.74) is 2.35. The molecule has 0 bridgehead atoms. The zero-order valence-electron chi connectivity index (χ0n) is 15.8. The monoisotopic (exact) mass is 376 g/mol. The second-order valence-corrected chi connectivity index (χ2v) is 6.86. The Morgan fingerprint density at radius 1 is 1.14 bits per heavy atom. The first-order chi connectivity index (χ1) is 13.5. The summed E-state index contributed by atoms with van der Waals surface area (Å²) in [5.74, 6) is 0.548. The van der Waals surface area contributed by atoms with Gasteiger partial charge in [0, 0.05) is 23.2 Å². The highest BCUT2D eigenvalue weighted by Crippen LogP contribution is 2.23. The van der Waals surface area contributed by atoms with Gasteiger partial charge in [0.1, 0.15) is 5.75 Å². The quantitative estimate of drug-likeness (QED) is 0.573. The molecule has 28 heavy (non-hydrogen) atoms. The maximum Gasteiger partial charge on any atom is 0.280 e. The molecule has 0 saturated carbocycles. The number of H-pyrrole nitrogens is 1. The van der Waals surface area contributed by atoms with Gasteiger partial charge in [0.2, 0.25) is 0 Å². The van der Waals surface area contributed by atoms with Crippen LogP contribution in [0.2, 0.25) is 0 Å². The number of hydrogen-bond acceptors (Lipinski definition) is 4. The van der Waals surface area contributed by atoms with E-state index in [-0.39, 0.29) is 17.5 Å². The van der Waals surface area contributed by atoms with Crippen LogP contribution in [0.5, 0.6) is 5.75 Å². The van der Waals surface area contributed by atoms with Gasteiger partial charge >= 0.3 is 0 Å². The summed E-state index contributed by atoms with van der Waals surface area (Å²) in [4.78, 5) is 29.6. The largest absolute Gasteiger partial charge is 0.497 e. The van der Waals surface area contributed by atoms with E-state index in [1.807, 2.05) is 13.8 Å². The molecule has 2 aromatic heterocycles. The van der Waals surface area contributed by atoms with Crippen molar-refractivity contribution in [2.75, 3.05) is 7.11 Å². The van der Waals surface area contributed by atoms with Crippen molar-refractivity contribution in [1.29, 1.82) is 0 Å². The van der Waals surface area contributed by atoms with Crippen molar-refractivity contribution < 1.29 is 9.53 Å². The maximum absolute atomic E-state index is 12.9. The van der Waals surface area contributed by atoms with Gasteiger partial charge in [-0.25, -0.2) is 4.68 Å². The lowest BCUT2D eigenvalue weighted by Crippen LogP contribution is -2.29. The number of rotatable bonds is 4. The molecule has 7 nitrogen and oxygen atoms in total. The van der Waals surface area contributed by atoms with Gasteiger partial charge in [-0.05, 0) is 56.3 Å². The molecule has 0 aliphatic heterocycles. The van der Waals surface area contributed by atoms with Crippen LogP contribution in [-0.2, 0) is 0 Å². The first kappa shape index (κ1) is 17.8. The third kappa shape index (κ3) is 3.00. The smallest absolute Gasteiger partial charge is 0.280 e. The van der Waals surface area contributed by atoms with E-state index in [2.05, 4.69) is 15.4 Å². The molecule has 0 saturated heterocycles. The molecule has 4 rings (SSSR count). The Kier molecular flexibility index (Phi) is 4.35. The van der Waals surface area contributed by atoms with E-state index in [1.165, 1.54) is 4.68 Å². The van der Waals surface area contributed by atoms with Crippen LogP contribution in [-0.4, -0.2) is 33.8 Å². The van der Waals surface area contributed by atoms with Crippen LogP contribution >= 0.6 is 0 Å². The van der Waals surface area contributed by atoms with Gasteiger partial charge in [0.15, 0.2) is 0 Å². The predicted molar refractivity (Wildman–Crippen MR) is 108 cm³/mol. The molecule has 1 amide bonds. The molecular formula is C21H20N4O3. The van der Waals surface area contributed by atoms with E-state index < -0.39 is 0 Å². The van der Waals surface area contributed by atoms with E-state index in [4.69, 9.17) is 4.74 Å². The molecule has 2 aromatic carbocycles. The number of amides is 1. The molecule has 2 heterocycles. The molecule has 0 fully saturated rings. The number of methoxy groups -OCH3 is 1. The lowest BCUT2D eigenvalue weighted by atomic mass is 10.1. The topological polar surface area (TPSA) is 89.0 Å². The second kappa shape index (κ2) is 6.84. The van der Waals surface area contributed by atoms with E-state index in [1.54, 1.807) is 55.8 Å². The van der Waals surface area contributed by atoms with E-state index in [0.29, 0.717) is 33.4 Å². The molecule has 0 aliphatic rings. The SMILES string of the molecule is COc1ccc(-n2[nH]c3c(cnc4ccc(C(=O)NC(C)C)cc43)c2=O)cc1. The predicted octanol–water partition coefficient (Wildman–Crippen LogP) is 3.01. The lowest BCUT2D eigenvalue weighted by Gasteiger charge is -2.09. The Morgan fingerprint density at radius 2 is 1.89 bits per heavy atom. The summed E-state index contributed by atoms with van der Waals surface area (Å²) in [5, 5.41) is 7.22. The number of nitrogens with zero attached hydrogens (tertiary/aromatic N) is 2. The molecule has 4 aromatic rings. The van der Waals surface area contributed by atoms with Gasteiger partial charge in [-0.15, -0.1) is 0 Å². The van der Waals surface area contributed by atoms with Gasteiger partial charge in [0.05, 0.1) is 29.2 Å². The third-order valence-corrected chi connectivity index (χ3v) is 4.54. The summed E-state index contributed by atoms with van der Waals surface area (Å²) in [6.45, 7) is 3.82. The summed E-state index contributed by atoms with van der Waals surface area (Å²) in [6, 6.07) is 12.5. The van der Waals surface area contributed by atoms with Crippen molar-refractivity contribution in [2.24, 2.45) is 0 Å². The number of carbonyl (C=O) groups is 1. The first-order valence-corrected chi connectivity index (χ1v) is 8.96. The number of carbonyl (C=O) groups excluding carboxylic acids is 1. The Labute approximate surface area is 160 Å². The number of benzene rings is 2. The van der Waals surface area contributed by atoms with Crippen LogP contribution in [0.3, 0.4) is 0 Å². The highest BCUT2D eigenvalue weighted by Gasteiger charge is 2.14. The minimum absolute atomic E-state index is 0.0353. The number of pyridine rings is 1. The Bertz CT molecular complexity index is 1240. The first-order valence-electron chi connectivity index (χ1n) is 8.96. The standard InChI is InChI=1S/C21H20N4O3/c1-12(2)23-20(26)13-4-9-18-16(10-13)19-17(11-22-18)21(27)25(24-19)14-5-7-15(28-3)8-6-14/h4-12,24H,1-3H3,(H,23,26). The summed E-state index contributed by atoms with van der Waals surface area (Å²) in [6.07, 6.45) is 1.56. The summed E-state index contributed by atoms with van der Waals surface area (Å²) >= 11 is 0. The van der Waals surface area contributed by atoms with Crippen molar-refractivity contribution in [2.45, 2.75) is 19.9 Å². The molecule has 0 unspecified atom stereocenters. The minimum Gasteiger partial charge on any atom is -0.497 e.